The zero-order chi connectivity index (χ0) is 14.1. The number of hydrogen-bond acceptors (Lipinski definition) is 1. The third-order valence-electron chi connectivity index (χ3n) is 1.95. The van der Waals surface area contributed by atoms with Crippen molar-refractivity contribution in [2.24, 2.45) is 0 Å². The Kier molecular flexibility index (Phi) is 3.64. The van der Waals surface area contributed by atoms with Crippen LogP contribution in [0.3, 0.4) is 0 Å². The van der Waals surface area contributed by atoms with Crippen molar-refractivity contribution in [1.29, 1.82) is 0 Å². The summed E-state index contributed by atoms with van der Waals surface area (Å²) in [7, 11) is 0. The number of nitrogens with one attached hydrogen (secondary N) is 1. The maximum absolute atomic E-state index is 12.5. The monoisotopic (exact) mass is 269 g/mol. The van der Waals surface area contributed by atoms with Gasteiger partial charge in [-0.15, -0.1) is 0 Å². The lowest BCUT2D eigenvalue weighted by Gasteiger charge is -2.15. The molecule has 0 unspecified atom stereocenters. The van der Waals surface area contributed by atoms with E-state index in [0.717, 1.165) is 0 Å². The van der Waals surface area contributed by atoms with E-state index in [1.807, 2.05) is 0 Å². The predicted molar refractivity (Wildman–Crippen MR) is 54.9 cm³/mol. The molecule has 0 saturated carbocycles. The first-order valence-corrected chi connectivity index (χ1v) is 4.72. The number of allylic oxidation sites excluding steroid dienone is 1. The molecule has 0 atom stereocenters. The summed E-state index contributed by atoms with van der Waals surface area (Å²) in [6.45, 7) is 4.78. The van der Waals surface area contributed by atoms with Gasteiger partial charge >= 0.3 is 12.4 Å². The zero-order valence-corrected chi connectivity index (χ0v) is 9.21. The lowest BCUT2D eigenvalue weighted by molar-refractivity contribution is -0.143. The molecular formula is C11H9F6N. The number of rotatable bonds is 2. The van der Waals surface area contributed by atoms with Crippen LogP contribution < -0.4 is 5.32 Å². The third-order valence-corrected chi connectivity index (χ3v) is 1.95. The van der Waals surface area contributed by atoms with E-state index in [1.54, 1.807) is 0 Å². The minimum atomic E-state index is -4.84. The van der Waals surface area contributed by atoms with Gasteiger partial charge in [-0.25, -0.2) is 0 Å². The summed E-state index contributed by atoms with van der Waals surface area (Å²) >= 11 is 0. The van der Waals surface area contributed by atoms with Gasteiger partial charge in [0.2, 0.25) is 0 Å². The molecule has 0 fully saturated rings. The maximum Gasteiger partial charge on any atom is 0.416 e. The fourth-order valence-electron chi connectivity index (χ4n) is 1.27. The van der Waals surface area contributed by atoms with Crippen LogP contribution in [-0.4, -0.2) is 0 Å². The number of anilines is 1. The van der Waals surface area contributed by atoms with E-state index >= 15 is 0 Å². The Labute approximate surface area is 99.1 Å². The second-order valence-corrected chi connectivity index (χ2v) is 3.70. The third kappa shape index (κ3) is 3.68. The molecule has 1 aromatic carbocycles. The number of hydrogen-bond donors (Lipinski definition) is 1. The molecule has 0 bridgehead atoms. The van der Waals surface area contributed by atoms with Crippen LogP contribution in [0.5, 0.6) is 0 Å². The van der Waals surface area contributed by atoms with Gasteiger partial charge in [-0.3, -0.25) is 0 Å². The summed E-state index contributed by atoms with van der Waals surface area (Å²) in [5.74, 6) is 0. The Hall–Kier alpha value is -1.66. The minimum Gasteiger partial charge on any atom is -0.360 e. The van der Waals surface area contributed by atoms with E-state index in [4.69, 9.17) is 0 Å². The van der Waals surface area contributed by atoms with Gasteiger partial charge in [-0.2, -0.15) is 26.3 Å². The maximum atomic E-state index is 12.5. The van der Waals surface area contributed by atoms with Crippen molar-refractivity contribution in [3.05, 3.63) is 41.6 Å². The zero-order valence-electron chi connectivity index (χ0n) is 9.21. The van der Waals surface area contributed by atoms with Gasteiger partial charge in [-0.1, -0.05) is 6.58 Å². The fourth-order valence-corrected chi connectivity index (χ4v) is 1.27. The quantitative estimate of drug-likeness (QED) is 0.769. The molecule has 0 spiro atoms. The summed E-state index contributed by atoms with van der Waals surface area (Å²) in [4.78, 5) is 0. The van der Waals surface area contributed by atoms with Crippen molar-refractivity contribution in [2.45, 2.75) is 19.3 Å². The topological polar surface area (TPSA) is 12.0 Å². The van der Waals surface area contributed by atoms with Crippen molar-refractivity contribution in [2.75, 3.05) is 5.32 Å². The highest BCUT2D eigenvalue weighted by Gasteiger charge is 2.36. The van der Waals surface area contributed by atoms with Gasteiger partial charge in [0.1, 0.15) is 0 Å². The molecule has 0 aromatic heterocycles. The highest BCUT2D eigenvalue weighted by atomic mass is 19.4. The fraction of sp³-hybridized carbons (Fsp3) is 0.273. The summed E-state index contributed by atoms with van der Waals surface area (Å²) in [6.07, 6.45) is -9.68. The van der Waals surface area contributed by atoms with Gasteiger partial charge in [0.25, 0.3) is 0 Å². The lowest BCUT2D eigenvalue weighted by atomic mass is 10.1. The summed E-state index contributed by atoms with van der Waals surface area (Å²) in [5.41, 5.74) is -2.78. The molecule has 1 nitrogen and oxygen atoms in total. The molecule has 18 heavy (non-hydrogen) atoms. The van der Waals surface area contributed by atoms with Crippen LogP contribution in [0.15, 0.2) is 30.5 Å². The number of alkyl halides is 6. The van der Waals surface area contributed by atoms with Crippen LogP contribution in [0.1, 0.15) is 18.1 Å². The molecule has 1 rings (SSSR count). The molecule has 7 heteroatoms. The Morgan fingerprint density at radius 2 is 1.33 bits per heavy atom. The van der Waals surface area contributed by atoms with Gasteiger partial charge < -0.3 is 5.32 Å². The Balaban J connectivity index is 3.34. The average molecular weight is 269 g/mol. The van der Waals surface area contributed by atoms with E-state index in [2.05, 4.69) is 11.9 Å². The molecule has 0 aliphatic carbocycles. The largest absolute Gasteiger partial charge is 0.416 e. The lowest BCUT2D eigenvalue weighted by Crippen LogP contribution is -2.11. The molecule has 0 aliphatic rings. The molecular weight excluding hydrogens is 260 g/mol. The first kappa shape index (κ1) is 14.4. The Morgan fingerprint density at radius 1 is 0.944 bits per heavy atom. The van der Waals surface area contributed by atoms with Crippen molar-refractivity contribution in [1.82, 2.24) is 0 Å². The van der Waals surface area contributed by atoms with E-state index in [1.165, 1.54) is 6.92 Å². The summed E-state index contributed by atoms with van der Waals surface area (Å²) in [5, 5.41) is 2.34. The van der Waals surface area contributed by atoms with E-state index in [-0.39, 0.29) is 17.5 Å². The van der Waals surface area contributed by atoms with Crippen LogP contribution in [0, 0.1) is 0 Å². The SMILES string of the molecule is C=C(C)Nc1cc(C(F)(F)F)cc(C(F)(F)F)c1. The van der Waals surface area contributed by atoms with Crippen LogP contribution >= 0.6 is 0 Å². The Bertz CT molecular complexity index is 425. The van der Waals surface area contributed by atoms with Gasteiger partial charge in [0.15, 0.2) is 0 Å². The average Bonchev–Trinajstić information content (AvgIpc) is 2.13. The van der Waals surface area contributed by atoms with Crippen LogP contribution in [0.2, 0.25) is 0 Å². The molecule has 100 valence electrons. The van der Waals surface area contributed by atoms with Crippen molar-refractivity contribution < 1.29 is 26.3 Å². The van der Waals surface area contributed by atoms with E-state index < -0.39 is 23.5 Å². The predicted octanol–water partition coefficient (Wildman–Crippen LogP) is 4.67. The van der Waals surface area contributed by atoms with Crippen LogP contribution in [0.25, 0.3) is 0 Å². The van der Waals surface area contributed by atoms with Crippen molar-refractivity contribution in [3.8, 4) is 0 Å². The molecule has 1 aromatic rings. The summed E-state index contributed by atoms with van der Waals surface area (Å²) < 4.78 is 74.7. The van der Waals surface area contributed by atoms with Crippen molar-refractivity contribution in [3.63, 3.8) is 0 Å². The normalized spacial score (nSPS) is 12.4. The Morgan fingerprint density at radius 3 is 1.61 bits per heavy atom. The molecule has 0 saturated heterocycles. The number of halogens is 6. The standard InChI is InChI=1S/C11H9F6N/c1-6(2)18-9-4-7(10(12,13)14)3-8(5-9)11(15,16)17/h3-5,18H,1H2,2H3. The summed E-state index contributed by atoms with van der Waals surface area (Å²) in [6, 6.07) is 1.28. The molecule has 1 N–H and O–H groups in total. The first-order valence-electron chi connectivity index (χ1n) is 4.72. The van der Waals surface area contributed by atoms with Crippen LogP contribution in [-0.2, 0) is 12.4 Å². The van der Waals surface area contributed by atoms with Crippen molar-refractivity contribution >= 4 is 5.69 Å². The molecule has 0 aliphatic heterocycles. The van der Waals surface area contributed by atoms with Crippen LogP contribution in [0.4, 0.5) is 32.0 Å². The molecule has 0 heterocycles. The van der Waals surface area contributed by atoms with E-state index in [0.29, 0.717) is 12.1 Å². The van der Waals surface area contributed by atoms with Gasteiger partial charge in [0, 0.05) is 11.4 Å². The van der Waals surface area contributed by atoms with E-state index in [9.17, 15) is 26.3 Å². The molecule has 0 amide bonds. The smallest absolute Gasteiger partial charge is 0.360 e. The minimum absolute atomic E-state index is 0.0730. The second-order valence-electron chi connectivity index (χ2n) is 3.70. The highest BCUT2D eigenvalue weighted by Crippen LogP contribution is 2.37. The first-order chi connectivity index (χ1) is 8.00. The van der Waals surface area contributed by atoms with Gasteiger partial charge in [-0.05, 0) is 25.1 Å². The molecule has 0 radical (unpaired) electrons. The second kappa shape index (κ2) is 4.55. The highest BCUT2D eigenvalue weighted by molar-refractivity contribution is 5.53. The number of benzene rings is 1. The van der Waals surface area contributed by atoms with Gasteiger partial charge in [0.05, 0.1) is 11.1 Å².